The number of ether oxygens (including phenoxy) is 3. The van der Waals surface area contributed by atoms with Gasteiger partial charge < -0.3 is 14.2 Å². The number of hydrogen-bond acceptors (Lipinski definition) is 5. The van der Waals surface area contributed by atoms with Crippen LogP contribution in [0.5, 0.6) is 5.75 Å². The number of pyridine rings is 1. The number of aromatic nitrogens is 1. The van der Waals surface area contributed by atoms with Crippen LogP contribution in [0.1, 0.15) is 75.6 Å². The fourth-order valence-electron chi connectivity index (χ4n) is 3.46. The lowest BCUT2D eigenvalue weighted by Crippen LogP contribution is -2.37. The highest BCUT2D eigenvalue weighted by Crippen LogP contribution is 2.25. The monoisotopic (exact) mass is 495 g/mol. The molecule has 1 atom stereocenters. The first-order valence-electron chi connectivity index (χ1n) is 12.4. The predicted molar refractivity (Wildman–Crippen MR) is 130 cm³/mol. The number of carbonyl (C=O) groups is 1. The highest BCUT2D eigenvalue weighted by molar-refractivity contribution is 5.90. The number of nitrogens with zero attached hydrogens (tertiary/aromatic N) is 1. The molecular weight excluding hydrogens is 459 g/mol. The van der Waals surface area contributed by atoms with Gasteiger partial charge in [-0.1, -0.05) is 64.0 Å². The Labute approximate surface area is 206 Å². The van der Waals surface area contributed by atoms with Crippen molar-refractivity contribution in [1.82, 2.24) is 4.98 Å². The number of alkyl halides is 3. The Balaban J connectivity index is 1.80. The molecule has 35 heavy (non-hydrogen) atoms. The molecule has 1 aromatic heterocycles. The van der Waals surface area contributed by atoms with Crippen LogP contribution in [-0.2, 0) is 9.47 Å². The predicted octanol–water partition coefficient (Wildman–Crippen LogP) is 7.39. The fourth-order valence-corrected chi connectivity index (χ4v) is 3.46. The normalized spacial score (nSPS) is 12.4. The Kier molecular flexibility index (Phi) is 12.6. The van der Waals surface area contributed by atoms with Gasteiger partial charge in [0.2, 0.25) is 6.10 Å². The minimum atomic E-state index is -4.70. The fraction of sp³-hybridized carbons (Fsp3) is 0.556. The summed E-state index contributed by atoms with van der Waals surface area (Å²) in [6.45, 7) is 3.79. The van der Waals surface area contributed by atoms with Gasteiger partial charge in [-0.15, -0.1) is 0 Å². The quantitative estimate of drug-likeness (QED) is 0.179. The van der Waals surface area contributed by atoms with E-state index in [4.69, 9.17) is 9.47 Å². The maximum absolute atomic E-state index is 13.0. The molecule has 0 fully saturated rings. The molecule has 0 aliphatic carbocycles. The molecule has 0 bridgehead atoms. The molecule has 5 nitrogen and oxygen atoms in total. The molecule has 1 heterocycles. The lowest BCUT2D eigenvalue weighted by atomic mass is 10.1. The van der Waals surface area contributed by atoms with Crippen molar-refractivity contribution in [2.75, 3.05) is 19.8 Å². The zero-order chi connectivity index (χ0) is 25.5. The maximum Gasteiger partial charge on any atom is 0.427 e. The van der Waals surface area contributed by atoms with E-state index in [9.17, 15) is 18.0 Å². The van der Waals surface area contributed by atoms with E-state index in [0.29, 0.717) is 18.1 Å². The number of rotatable bonds is 16. The topological polar surface area (TPSA) is 57.7 Å². The van der Waals surface area contributed by atoms with Gasteiger partial charge in [-0.25, -0.2) is 4.79 Å². The number of benzene rings is 1. The van der Waals surface area contributed by atoms with Gasteiger partial charge >= 0.3 is 12.1 Å². The summed E-state index contributed by atoms with van der Waals surface area (Å²) in [7, 11) is 0. The first-order chi connectivity index (χ1) is 16.8. The zero-order valence-corrected chi connectivity index (χ0v) is 20.6. The van der Waals surface area contributed by atoms with E-state index in [-0.39, 0.29) is 12.2 Å². The molecule has 0 N–H and O–H groups in total. The number of hydrogen-bond donors (Lipinski definition) is 0. The molecule has 0 saturated heterocycles. The number of carbonyl (C=O) groups excluding carboxylic acids is 1. The van der Waals surface area contributed by atoms with Gasteiger partial charge in [0.25, 0.3) is 0 Å². The zero-order valence-electron chi connectivity index (χ0n) is 20.6. The van der Waals surface area contributed by atoms with Crippen molar-refractivity contribution in [3.63, 3.8) is 0 Å². The van der Waals surface area contributed by atoms with E-state index in [0.717, 1.165) is 18.4 Å². The molecule has 0 spiro atoms. The van der Waals surface area contributed by atoms with Crippen molar-refractivity contribution in [1.29, 1.82) is 0 Å². The smallest absolute Gasteiger partial charge is 0.427 e. The van der Waals surface area contributed by atoms with Crippen molar-refractivity contribution in [2.24, 2.45) is 0 Å². The van der Waals surface area contributed by atoms with Crippen LogP contribution in [-0.4, -0.2) is 43.1 Å². The van der Waals surface area contributed by atoms with Gasteiger partial charge in [0.15, 0.2) is 0 Å². The van der Waals surface area contributed by atoms with Crippen LogP contribution in [0.2, 0.25) is 0 Å². The van der Waals surface area contributed by atoms with Crippen LogP contribution in [0.15, 0.2) is 42.6 Å². The van der Waals surface area contributed by atoms with E-state index in [1.807, 2.05) is 6.07 Å². The highest BCUT2D eigenvalue weighted by atomic mass is 19.4. The molecule has 2 rings (SSSR count). The molecule has 0 aliphatic rings. The van der Waals surface area contributed by atoms with Gasteiger partial charge in [0.05, 0.1) is 30.7 Å². The molecule has 194 valence electrons. The minimum Gasteiger partial charge on any atom is -0.492 e. The van der Waals surface area contributed by atoms with Gasteiger partial charge in [-0.3, -0.25) is 4.98 Å². The lowest BCUT2D eigenvalue weighted by Gasteiger charge is -2.20. The third-order valence-electron chi connectivity index (χ3n) is 5.51. The third kappa shape index (κ3) is 10.7. The second-order valence-electron chi connectivity index (χ2n) is 8.37. The largest absolute Gasteiger partial charge is 0.492 e. The molecule has 0 radical (unpaired) electrons. The molecule has 0 amide bonds. The third-order valence-corrected chi connectivity index (χ3v) is 5.51. The highest BCUT2D eigenvalue weighted by Gasteiger charge is 2.43. The number of unbranched alkanes of at least 4 members (excludes halogenated alkanes) is 7. The van der Waals surface area contributed by atoms with Gasteiger partial charge in [0.1, 0.15) is 5.75 Å². The summed E-state index contributed by atoms with van der Waals surface area (Å²) in [5.74, 6) is -0.374. The summed E-state index contributed by atoms with van der Waals surface area (Å²) in [6, 6.07) is 9.70. The molecule has 1 aromatic carbocycles. The number of esters is 1. The van der Waals surface area contributed by atoms with E-state index >= 15 is 0 Å². The van der Waals surface area contributed by atoms with Crippen molar-refractivity contribution < 1.29 is 32.2 Å². The van der Waals surface area contributed by atoms with Gasteiger partial charge in [-0.05, 0) is 37.6 Å². The molecule has 0 saturated carbocycles. The Bertz CT molecular complexity index is 854. The first kappa shape index (κ1) is 28.6. The van der Waals surface area contributed by atoms with E-state index in [1.165, 1.54) is 50.7 Å². The van der Waals surface area contributed by atoms with Gasteiger partial charge in [0, 0.05) is 12.2 Å². The SMILES string of the molecule is CCCCCCCCCCOc1ccc(-c2ccc(C(=O)OC(COCC)C(F)(F)F)cc2)nc1. The van der Waals surface area contributed by atoms with Crippen LogP contribution < -0.4 is 4.74 Å². The molecular formula is C27H36F3NO4. The average Bonchev–Trinajstić information content (AvgIpc) is 2.85. The Morgan fingerprint density at radius 2 is 1.57 bits per heavy atom. The number of halogens is 3. The Morgan fingerprint density at radius 1 is 0.914 bits per heavy atom. The van der Waals surface area contributed by atoms with Crippen LogP contribution in [0.25, 0.3) is 11.3 Å². The summed E-state index contributed by atoms with van der Waals surface area (Å²) >= 11 is 0. The molecule has 8 heteroatoms. The average molecular weight is 496 g/mol. The van der Waals surface area contributed by atoms with Crippen molar-refractivity contribution in [2.45, 2.75) is 77.5 Å². The van der Waals surface area contributed by atoms with E-state index < -0.39 is 24.9 Å². The van der Waals surface area contributed by atoms with Crippen molar-refractivity contribution >= 4 is 5.97 Å². The van der Waals surface area contributed by atoms with E-state index in [1.54, 1.807) is 31.3 Å². The van der Waals surface area contributed by atoms with Gasteiger partial charge in [-0.2, -0.15) is 13.2 Å². The summed E-state index contributed by atoms with van der Waals surface area (Å²) in [4.78, 5) is 16.6. The second kappa shape index (κ2) is 15.4. The van der Waals surface area contributed by atoms with Crippen LogP contribution >= 0.6 is 0 Å². The standard InChI is InChI=1S/C27H36F3NO4/c1-3-5-6-7-8-9-10-11-18-34-23-16-17-24(31-19-23)21-12-14-22(15-13-21)26(32)35-25(20-33-4-2)27(28,29)30/h12-17,19,25H,3-11,18,20H2,1-2H3. The second-order valence-corrected chi connectivity index (χ2v) is 8.37. The summed E-state index contributed by atoms with van der Waals surface area (Å²) < 4.78 is 54.3. The van der Waals surface area contributed by atoms with Crippen LogP contribution in [0.3, 0.4) is 0 Å². The summed E-state index contributed by atoms with van der Waals surface area (Å²) in [6.07, 6.45) is 4.53. The lowest BCUT2D eigenvalue weighted by molar-refractivity contribution is -0.217. The van der Waals surface area contributed by atoms with Crippen LogP contribution in [0, 0.1) is 0 Å². The first-order valence-corrected chi connectivity index (χ1v) is 12.4. The molecule has 0 aliphatic heterocycles. The molecule has 2 aromatic rings. The summed E-state index contributed by atoms with van der Waals surface area (Å²) in [5.41, 5.74) is 1.40. The Morgan fingerprint density at radius 3 is 2.14 bits per heavy atom. The van der Waals surface area contributed by atoms with Crippen molar-refractivity contribution in [3.8, 4) is 17.0 Å². The van der Waals surface area contributed by atoms with E-state index in [2.05, 4.69) is 16.6 Å². The Hall–Kier alpha value is -2.61. The van der Waals surface area contributed by atoms with Crippen molar-refractivity contribution in [3.05, 3.63) is 48.2 Å². The minimum absolute atomic E-state index is 0.0183. The van der Waals surface area contributed by atoms with Crippen LogP contribution in [0.4, 0.5) is 13.2 Å². The summed E-state index contributed by atoms with van der Waals surface area (Å²) in [5, 5.41) is 0. The molecule has 1 unspecified atom stereocenters. The maximum atomic E-state index is 13.0.